The summed E-state index contributed by atoms with van der Waals surface area (Å²) in [5, 5.41) is 14.0. The Morgan fingerprint density at radius 3 is 2.22 bits per heavy atom. The highest BCUT2D eigenvalue weighted by atomic mass is 35.5. The number of carbonyl (C=O) groups excluding carboxylic acids is 1. The average molecular weight is 549 g/mol. The number of para-hydroxylation sites is 1. The van der Waals surface area contributed by atoms with E-state index in [0.29, 0.717) is 16.3 Å². The van der Waals surface area contributed by atoms with Gasteiger partial charge in [0.2, 0.25) is 5.85 Å². The molecule has 1 amide bonds. The fourth-order valence-corrected chi connectivity index (χ4v) is 5.27. The highest BCUT2D eigenvalue weighted by Crippen LogP contribution is 2.62. The van der Waals surface area contributed by atoms with Gasteiger partial charge < -0.3 is 18.5 Å². The molecule has 0 bridgehead atoms. The molecule has 10 nitrogen and oxygen atoms in total. The van der Waals surface area contributed by atoms with E-state index in [1.54, 1.807) is 74.5 Å². The zero-order valence-corrected chi connectivity index (χ0v) is 21.8. The molecular formula is C25H26ClN2O8P. The van der Waals surface area contributed by atoms with Crippen LogP contribution in [0.3, 0.4) is 0 Å². The maximum absolute atomic E-state index is 13.8. The number of rotatable bonds is 12. The van der Waals surface area contributed by atoms with Crippen molar-refractivity contribution in [3.8, 4) is 5.75 Å². The predicted molar refractivity (Wildman–Crippen MR) is 139 cm³/mol. The van der Waals surface area contributed by atoms with Crippen LogP contribution in [0.5, 0.6) is 5.75 Å². The minimum absolute atomic E-state index is 0.0429. The topological polar surface area (TPSA) is 126 Å². The first-order valence-electron chi connectivity index (χ1n) is 11.3. The van der Waals surface area contributed by atoms with Gasteiger partial charge in [-0.2, -0.15) is 0 Å². The fraction of sp³-hybridized carbons (Fsp3) is 0.240. The maximum Gasteiger partial charge on any atom is 0.412 e. The SMILES string of the molecule is CCOP(=O)(OCC)C(OC(=O)Nc1ccc(Cl)cc1)c1ccccc1OCc1ccc([N+](=O)[O-])cc1. The summed E-state index contributed by atoms with van der Waals surface area (Å²) in [5.74, 6) is -1.18. The third-order valence-corrected chi connectivity index (χ3v) is 7.39. The number of halogens is 1. The molecule has 12 heteroatoms. The molecule has 1 unspecified atom stereocenters. The monoisotopic (exact) mass is 548 g/mol. The molecule has 0 aliphatic rings. The minimum atomic E-state index is -4.02. The zero-order valence-electron chi connectivity index (χ0n) is 20.2. The van der Waals surface area contributed by atoms with E-state index in [9.17, 15) is 19.5 Å². The van der Waals surface area contributed by atoms with Gasteiger partial charge in [-0.1, -0.05) is 29.8 Å². The Morgan fingerprint density at radius 2 is 1.62 bits per heavy atom. The molecule has 0 heterocycles. The summed E-state index contributed by atoms with van der Waals surface area (Å²) in [6, 6.07) is 18.8. The molecule has 1 N–H and O–H groups in total. The van der Waals surface area contributed by atoms with Gasteiger partial charge >= 0.3 is 13.7 Å². The highest BCUT2D eigenvalue weighted by molar-refractivity contribution is 7.54. The van der Waals surface area contributed by atoms with Crippen molar-refractivity contribution in [3.05, 3.63) is 99.1 Å². The van der Waals surface area contributed by atoms with E-state index in [0.717, 1.165) is 0 Å². The van der Waals surface area contributed by atoms with Crippen molar-refractivity contribution >= 4 is 36.7 Å². The van der Waals surface area contributed by atoms with Crippen LogP contribution in [0.4, 0.5) is 16.2 Å². The third-order valence-electron chi connectivity index (χ3n) is 4.94. The lowest BCUT2D eigenvalue weighted by atomic mass is 10.2. The van der Waals surface area contributed by atoms with Crippen LogP contribution in [0, 0.1) is 10.1 Å². The van der Waals surface area contributed by atoms with Crippen molar-refractivity contribution in [2.75, 3.05) is 18.5 Å². The zero-order chi connectivity index (χ0) is 26.8. The van der Waals surface area contributed by atoms with Crippen molar-refractivity contribution in [3.63, 3.8) is 0 Å². The standard InChI is InChI=1S/C25H26ClN2O8P/c1-3-34-37(32,35-4-2)24(36-25(29)27-20-13-11-19(26)12-14-20)22-7-5-6-8-23(22)33-17-18-9-15-21(16-10-18)28(30)31/h5-16,24H,3-4,17H2,1-2H3,(H,27,29). The number of nitro benzene ring substituents is 1. The number of non-ortho nitro benzene ring substituents is 1. The second kappa shape index (κ2) is 13.2. The summed E-state index contributed by atoms with van der Waals surface area (Å²) < 4.78 is 36.3. The molecule has 1 atom stereocenters. The molecule has 37 heavy (non-hydrogen) atoms. The lowest BCUT2D eigenvalue weighted by Crippen LogP contribution is -2.20. The summed E-state index contributed by atoms with van der Waals surface area (Å²) in [6.07, 6.45) is -0.892. The average Bonchev–Trinajstić information content (AvgIpc) is 2.88. The van der Waals surface area contributed by atoms with E-state index in [-0.39, 0.29) is 36.8 Å². The van der Waals surface area contributed by atoms with Crippen LogP contribution in [0.2, 0.25) is 5.02 Å². The van der Waals surface area contributed by atoms with Gasteiger partial charge in [0, 0.05) is 28.4 Å². The normalized spacial score (nSPS) is 12.0. The van der Waals surface area contributed by atoms with Gasteiger partial charge in [-0.05, 0) is 61.9 Å². The van der Waals surface area contributed by atoms with E-state index in [4.69, 9.17) is 30.1 Å². The van der Waals surface area contributed by atoms with Crippen molar-refractivity contribution in [2.24, 2.45) is 0 Å². The Morgan fingerprint density at radius 1 is 1.00 bits per heavy atom. The third kappa shape index (κ3) is 7.77. The van der Waals surface area contributed by atoms with E-state index in [2.05, 4.69) is 5.32 Å². The molecule has 0 aromatic heterocycles. The van der Waals surface area contributed by atoms with E-state index in [1.807, 2.05) is 0 Å². The lowest BCUT2D eigenvalue weighted by molar-refractivity contribution is -0.384. The van der Waals surface area contributed by atoms with Crippen molar-refractivity contribution in [1.29, 1.82) is 0 Å². The Balaban J connectivity index is 1.89. The van der Waals surface area contributed by atoms with Crippen molar-refractivity contribution in [2.45, 2.75) is 26.3 Å². The van der Waals surface area contributed by atoms with Crippen LogP contribution in [-0.4, -0.2) is 24.2 Å². The number of nitrogens with zero attached hydrogens (tertiary/aromatic N) is 1. The first-order chi connectivity index (χ1) is 17.8. The summed E-state index contributed by atoms with van der Waals surface area (Å²) in [5.41, 5.74) is 1.30. The van der Waals surface area contributed by atoms with E-state index >= 15 is 0 Å². The number of carbonyl (C=O) groups is 1. The second-order valence-corrected chi connectivity index (χ2v) is 10.0. The molecule has 3 aromatic rings. The number of anilines is 1. The number of ether oxygens (including phenoxy) is 2. The number of nitrogens with one attached hydrogen (secondary N) is 1. The van der Waals surface area contributed by atoms with Crippen molar-refractivity contribution in [1.82, 2.24) is 0 Å². The summed E-state index contributed by atoms with van der Waals surface area (Å²) in [6.45, 7) is 3.43. The Bertz CT molecular complexity index is 1240. The molecule has 0 saturated heterocycles. The smallest absolute Gasteiger partial charge is 0.412 e. The summed E-state index contributed by atoms with van der Waals surface area (Å²) in [7, 11) is -4.02. The number of hydrogen-bond donors (Lipinski definition) is 1. The van der Waals surface area contributed by atoms with Gasteiger partial charge in [-0.25, -0.2) is 4.79 Å². The van der Waals surface area contributed by atoms with Gasteiger partial charge in [0.05, 0.1) is 18.1 Å². The first kappa shape index (κ1) is 28.1. The number of benzene rings is 3. The van der Waals surface area contributed by atoms with E-state index < -0.39 is 24.5 Å². The Hall–Kier alpha value is -3.43. The highest BCUT2D eigenvalue weighted by Gasteiger charge is 2.42. The lowest BCUT2D eigenvalue weighted by Gasteiger charge is -2.27. The van der Waals surface area contributed by atoms with Crippen LogP contribution in [0.1, 0.15) is 30.8 Å². The quantitative estimate of drug-likeness (QED) is 0.141. The van der Waals surface area contributed by atoms with Gasteiger partial charge in [-0.3, -0.25) is 20.0 Å². The Kier molecular flexibility index (Phi) is 10.0. The number of hydrogen-bond acceptors (Lipinski definition) is 8. The number of amides is 1. The molecule has 3 aromatic carbocycles. The first-order valence-corrected chi connectivity index (χ1v) is 13.3. The fourth-order valence-electron chi connectivity index (χ4n) is 3.30. The molecule has 0 aliphatic carbocycles. The molecule has 0 aliphatic heterocycles. The molecular weight excluding hydrogens is 523 g/mol. The van der Waals surface area contributed by atoms with Crippen molar-refractivity contribution < 1.29 is 32.8 Å². The van der Waals surface area contributed by atoms with Gasteiger partial charge in [0.1, 0.15) is 12.4 Å². The van der Waals surface area contributed by atoms with Crippen LogP contribution >= 0.6 is 19.2 Å². The molecule has 3 rings (SSSR count). The summed E-state index contributed by atoms with van der Waals surface area (Å²) in [4.78, 5) is 23.2. The molecule has 0 fully saturated rings. The van der Waals surface area contributed by atoms with E-state index in [1.165, 1.54) is 12.1 Å². The molecule has 196 valence electrons. The molecule has 0 spiro atoms. The van der Waals surface area contributed by atoms with Crippen LogP contribution in [-0.2, 0) is 25.0 Å². The van der Waals surface area contributed by atoms with Crippen LogP contribution in [0.25, 0.3) is 0 Å². The van der Waals surface area contributed by atoms with Crippen LogP contribution in [0.15, 0.2) is 72.8 Å². The largest absolute Gasteiger partial charge is 0.488 e. The van der Waals surface area contributed by atoms with Crippen LogP contribution < -0.4 is 10.1 Å². The molecule has 0 saturated carbocycles. The van der Waals surface area contributed by atoms with Gasteiger partial charge in [0.15, 0.2) is 0 Å². The van der Waals surface area contributed by atoms with Gasteiger partial charge in [0.25, 0.3) is 5.69 Å². The second-order valence-electron chi connectivity index (χ2n) is 7.52. The Labute approximate surface area is 219 Å². The maximum atomic E-state index is 13.8. The predicted octanol–water partition coefficient (Wildman–Crippen LogP) is 7.34. The molecule has 0 radical (unpaired) electrons. The number of nitro groups is 1. The minimum Gasteiger partial charge on any atom is -0.488 e. The summed E-state index contributed by atoms with van der Waals surface area (Å²) >= 11 is 5.90. The van der Waals surface area contributed by atoms with Gasteiger partial charge in [-0.15, -0.1) is 0 Å².